The van der Waals surface area contributed by atoms with Crippen molar-refractivity contribution in [1.82, 2.24) is 4.90 Å². The Morgan fingerprint density at radius 2 is 2.10 bits per heavy atom. The lowest BCUT2D eigenvalue weighted by Crippen LogP contribution is -2.34. The minimum absolute atomic E-state index is 0.165. The number of hydrogen-bond donors (Lipinski definition) is 1. The van der Waals surface area contributed by atoms with Gasteiger partial charge in [-0.25, -0.2) is 0 Å². The molecule has 10 heavy (non-hydrogen) atoms. The molecule has 2 nitrogen and oxygen atoms in total. The molecule has 0 aromatic heterocycles. The summed E-state index contributed by atoms with van der Waals surface area (Å²) in [5, 5.41) is 0. The molecule has 0 bridgehead atoms. The molecule has 2 N–H and O–H groups in total. The van der Waals surface area contributed by atoms with Crippen LogP contribution < -0.4 is 5.73 Å². The third-order valence-corrected chi connectivity index (χ3v) is 1.97. The minimum Gasteiger partial charge on any atom is -0.323 e. The van der Waals surface area contributed by atoms with Crippen LogP contribution in [0.3, 0.4) is 0 Å². The molecular weight excluding hydrogens is 124 g/mol. The van der Waals surface area contributed by atoms with Crippen LogP contribution in [0.2, 0.25) is 0 Å². The molecule has 0 aromatic carbocycles. The van der Waals surface area contributed by atoms with E-state index in [4.69, 9.17) is 5.73 Å². The molecule has 1 rings (SSSR count). The van der Waals surface area contributed by atoms with E-state index in [1.807, 2.05) is 6.08 Å². The average Bonchev–Trinajstić information content (AvgIpc) is 2.40. The van der Waals surface area contributed by atoms with E-state index in [0.29, 0.717) is 0 Å². The molecule has 0 spiro atoms. The van der Waals surface area contributed by atoms with Crippen molar-refractivity contribution < 1.29 is 0 Å². The number of nitrogens with zero attached hydrogens (tertiary/aromatic N) is 1. The maximum absolute atomic E-state index is 5.69. The fourth-order valence-electron chi connectivity index (χ4n) is 1.34. The van der Waals surface area contributed by atoms with Crippen molar-refractivity contribution in [2.45, 2.75) is 18.9 Å². The Labute approximate surface area is 62.7 Å². The van der Waals surface area contributed by atoms with Gasteiger partial charge in [-0.3, -0.25) is 0 Å². The molecule has 0 amide bonds. The van der Waals surface area contributed by atoms with Gasteiger partial charge in [0.15, 0.2) is 0 Å². The summed E-state index contributed by atoms with van der Waals surface area (Å²) in [6, 6.07) is 0.165. The largest absolute Gasteiger partial charge is 0.323 e. The van der Waals surface area contributed by atoms with Crippen LogP contribution in [-0.2, 0) is 0 Å². The fraction of sp³-hybridized carbons (Fsp3) is 0.750. The van der Waals surface area contributed by atoms with Gasteiger partial charge in [-0.2, -0.15) is 0 Å². The molecule has 1 heterocycles. The first-order valence-corrected chi connectivity index (χ1v) is 3.93. The summed E-state index contributed by atoms with van der Waals surface area (Å²) in [5.41, 5.74) is 5.69. The normalized spacial score (nSPS) is 22.9. The zero-order chi connectivity index (χ0) is 7.40. The van der Waals surface area contributed by atoms with Crippen molar-refractivity contribution in [3.8, 4) is 0 Å². The summed E-state index contributed by atoms with van der Waals surface area (Å²) < 4.78 is 0. The highest BCUT2D eigenvalue weighted by Gasteiger charge is 2.12. The Morgan fingerprint density at radius 3 is 2.60 bits per heavy atom. The predicted molar refractivity (Wildman–Crippen MR) is 43.8 cm³/mol. The summed E-state index contributed by atoms with van der Waals surface area (Å²) in [4.78, 5) is 2.40. The van der Waals surface area contributed by atoms with E-state index in [0.717, 1.165) is 6.54 Å². The molecule has 1 saturated heterocycles. The van der Waals surface area contributed by atoms with E-state index in [1.165, 1.54) is 25.9 Å². The SMILES string of the molecule is C=CC(N)CN1CCCC1. The van der Waals surface area contributed by atoms with Crippen LogP contribution in [-0.4, -0.2) is 30.6 Å². The number of rotatable bonds is 3. The van der Waals surface area contributed by atoms with Crippen molar-refractivity contribution in [3.63, 3.8) is 0 Å². The first-order chi connectivity index (χ1) is 4.83. The quantitative estimate of drug-likeness (QED) is 0.581. The Hall–Kier alpha value is -0.340. The molecule has 1 aliphatic heterocycles. The Bertz CT molecular complexity index is 106. The lowest BCUT2D eigenvalue weighted by atomic mass is 10.3. The average molecular weight is 140 g/mol. The summed E-state index contributed by atoms with van der Waals surface area (Å²) in [5.74, 6) is 0. The van der Waals surface area contributed by atoms with Crippen molar-refractivity contribution in [2.24, 2.45) is 5.73 Å². The predicted octanol–water partition coefficient (Wildman–Crippen LogP) is 0.595. The fourth-order valence-corrected chi connectivity index (χ4v) is 1.34. The summed E-state index contributed by atoms with van der Waals surface area (Å²) in [6.07, 6.45) is 4.49. The molecule has 58 valence electrons. The van der Waals surface area contributed by atoms with Crippen LogP contribution in [0.25, 0.3) is 0 Å². The second kappa shape index (κ2) is 3.74. The Kier molecular flexibility index (Phi) is 2.90. The van der Waals surface area contributed by atoms with Gasteiger partial charge in [-0.05, 0) is 25.9 Å². The van der Waals surface area contributed by atoms with Gasteiger partial charge in [-0.1, -0.05) is 6.08 Å². The third kappa shape index (κ3) is 2.12. The van der Waals surface area contributed by atoms with E-state index in [2.05, 4.69) is 11.5 Å². The van der Waals surface area contributed by atoms with Crippen molar-refractivity contribution >= 4 is 0 Å². The smallest absolute Gasteiger partial charge is 0.0350 e. The molecule has 0 radical (unpaired) electrons. The molecule has 0 aliphatic carbocycles. The van der Waals surface area contributed by atoms with Crippen LogP contribution in [0.5, 0.6) is 0 Å². The van der Waals surface area contributed by atoms with Crippen LogP contribution in [0, 0.1) is 0 Å². The molecule has 1 aliphatic rings. The Morgan fingerprint density at radius 1 is 1.50 bits per heavy atom. The molecule has 0 aromatic rings. The van der Waals surface area contributed by atoms with E-state index in [-0.39, 0.29) is 6.04 Å². The second-order valence-corrected chi connectivity index (χ2v) is 2.91. The van der Waals surface area contributed by atoms with Gasteiger partial charge in [0.25, 0.3) is 0 Å². The zero-order valence-electron chi connectivity index (χ0n) is 6.42. The second-order valence-electron chi connectivity index (χ2n) is 2.91. The van der Waals surface area contributed by atoms with Crippen molar-refractivity contribution in [2.75, 3.05) is 19.6 Å². The highest BCUT2D eigenvalue weighted by Crippen LogP contribution is 2.06. The summed E-state index contributed by atoms with van der Waals surface area (Å²) in [6.45, 7) is 7.09. The van der Waals surface area contributed by atoms with Gasteiger partial charge < -0.3 is 10.6 Å². The lowest BCUT2D eigenvalue weighted by Gasteiger charge is -2.16. The highest BCUT2D eigenvalue weighted by molar-refractivity contribution is 4.85. The standard InChI is InChI=1S/C8H16N2/c1-2-8(9)7-10-5-3-4-6-10/h2,8H,1,3-7,9H2. The van der Waals surface area contributed by atoms with E-state index in [1.54, 1.807) is 0 Å². The molecule has 1 fully saturated rings. The summed E-state index contributed by atoms with van der Waals surface area (Å²) >= 11 is 0. The lowest BCUT2D eigenvalue weighted by molar-refractivity contribution is 0.330. The van der Waals surface area contributed by atoms with E-state index >= 15 is 0 Å². The van der Waals surface area contributed by atoms with E-state index < -0.39 is 0 Å². The van der Waals surface area contributed by atoms with Gasteiger partial charge >= 0.3 is 0 Å². The zero-order valence-corrected chi connectivity index (χ0v) is 6.42. The molecular formula is C8H16N2. The van der Waals surface area contributed by atoms with Gasteiger partial charge in [0.1, 0.15) is 0 Å². The highest BCUT2D eigenvalue weighted by atomic mass is 15.1. The van der Waals surface area contributed by atoms with Crippen LogP contribution >= 0.6 is 0 Å². The number of nitrogens with two attached hydrogens (primary N) is 1. The van der Waals surface area contributed by atoms with Gasteiger partial charge in [-0.15, -0.1) is 6.58 Å². The minimum atomic E-state index is 0.165. The van der Waals surface area contributed by atoms with Crippen LogP contribution in [0.15, 0.2) is 12.7 Å². The first kappa shape index (κ1) is 7.76. The molecule has 0 saturated carbocycles. The Balaban J connectivity index is 2.17. The van der Waals surface area contributed by atoms with Crippen LogP contribution in [0.4, 0.5) is 0 Å². The molecule has 1 unspecified atom stereocenters. The molecule has 1 atom stereocenters. The van der Waals surface area contributed by atoms with Gasteiger partial charge in [0.05, 0.1) is 0 Å². The van der Waals surface area contributed by atoms with E-state index in [9.17, 15) is 0 Å². The third-order valence-electron chi connectivity index (χ3n) is 1.97. The summed E-state index contributed by atoms with van der Waals surface area (Å²) in [7, 11) is 0. The first-order valence-electron chi connectivity index (χ1n) is 3.93. The van der Waals surface area contributed by atoms with Crippen molar-refractivity contribution in [3.05, 3.63) is 12.7 Å². The van der Waals surface area contributed by atoms with Gasteiger partial charge in [0, 0.05) is 12.6 Å². The topological polar surface area (TPSA) is 29.3 Å². The van der Waals surface area contributed by atoms with Crippen LogP contribution in [0.1, 0.15) is 12.8 Å². The monoisotopic (exact) mass is 140 g/mol. The number of hydrogen-bond acceptors (Lipinski definition) is 2. The maximum atomic E-state index is 5.69. The maximum Gasteiger partial charge on any atom is 0.0350 e. The van der Waals surface area contributed by atoms with Crippen molar-refractivity contribution in [1.29, 1.82) is 0 Å². The number of likely N-dealkylation sites (tertiary alicyclic amines) is 1. The van der Waals surface area contributed by atoms with Gasteiger partial charge in [0.2, 0.25) is 0 Å². The molecule has 2 heteroatoms.